The van der Waals surface area contributed by atoms with Crippen LogP contribution in [0.15, 0.2) is 48.7 Å². The van der Waals surface area contributed by atoms with E-state index in [1.807, 2.05) is 24.4 Å². The normalized spacial score (nSPS) is 16.5. The molecule has 0 aliphatic heterocycles. The van der Waals surface area contributed by atoms with Gasteiger partial charge in [0.05, 0.1) is 18.8 Å². The van der Waals surface area contributed by atoms with Crippen LogP contribution in [-0.2, 0) is 13.0 Å². The smallest absolute Gasteiger partial charge is 0.200 e. The third-order valence-corrected chi connectivity index (χ3v) is 4.83. The van der Waals surface area contributed by atoms with Crippen molar-refractivity contribution in [3.8, 4) is 0 Å². The van der Waals surface area contributed by atoms with Crippen LogP contribution in [0.3, 0.4) is 0 Å². The highest BCUT2D eigenvalue weighted by atomic mass is 15.6. The molecule has 0 radical (unpaired) electrons. The number of tetrazole rings is 1. The lowest BCUT2D eigenvalue weighted by Crippen LogP contribution is -2.19. The van der Waals surface area contributed by atoms with Crippen molar-refractivity contribution in [3.63, 3.8) is 0 Å². The predicted molar refractivity (Wildman–Crippen MR) is 95.6 cm³/mol. The summed E-state index contributed by atoms with van der Waals surface area (Å²) in [6.07, 6.45) is 5.22. The van der Waals surface area contributed by atoms with Crippen molar-refractivity contribution < 1.29 is 0 Å². The van der Waals surface area contributed by atoms with E-state index in [4.69, 9.17) is 0 Å². The van der Waals surface area contributed by atoms with Crippen molar-refractivity contribution in [2.45, 2.75) is 31.8 Å². The van der Waals surface area contributed by atoms with Crippen LogP contribution in [0, 0.1) is 0 Å². The van der Waals surface area contributed by atoms with Crippen LogP contribution in [0.25, 0.3) is 5.65 Å². The van der Waals surface area contributed by atoms with Gasteiger partial charge in [0.1, 0.15) is 5.82 Å². The topological polar surface area (TPSA) is 85.8 Å². The summed E-state index contributed by atoms with van der Waals surface area (Å²) >= 11 is 0. The van der Waals surface area contributed by atoms with Crippen molar-refractivity contribution in [1.29, 1.82) is 0 Å². The minimum absolute atomic E-state index is 0.199. The van der Waals surface area contributed by atoms with Crippen molar-refractivity contribution in [3.05, 3.63) is 65.5 Å². The van der Waals surface area contributed by atoms with E-state index in [-0.39, 0.29) is 6.04 Å². The molecule has 0 fully saturated rings. The molecule has 5 rings (SSSR count). The molecule has 4 aromatic rings. The van der Waals surface area contributed by atoms with E-state index in [2.05, 4.69) is 60.0 Å². The molecule has 8 heteroatoms. The molecule has 130 valence electrons. The van der Waals surface area contributed by atoms with E-state index in [1.165, 1.54) is 21.5 Å². The SMILES string of the molecule is c1ccc(Cn2ncc3c2CCCC3Nc2ccc3nnnn3n2)cc1. The Labute approximate surface area is 149 Å². The van der Waals surface area contributed by atoms with Gasteiger partial charge >= 0.3 is 0 Å². The first-order valence-electron chi connectivity index (χ1n) is 8.77. The molecule has 26 heavy (non-hydrogen) atoms. The number of hydrogen-bond acceptors (Lipinski definition) is 6. The molecule has 1 unspecified atom stereocenters. The van der Waals surface area contributed by atoms with Crippen LogP contribution in [0.2, 0.25) is 0 Å². The summed E-state index contributed by atoms with van der Waals surface area (Å²) in [7, 11) is 0. The van der Waals surface area contributed by atoms with E-state index in [0.29, 0.717) is 5.65 Å². The Hall–Kier alpha value is -3.29. The maximum Gasteiger partial charge on any atom is 0.200 e. The van der Waals surface area contributed by atoms with Gasteiger partial charge in [-0.25, -0.2) is 0 Å². The molecule has 3 heterocycles. The summed E-state index contributed by atoms with van der Waals surface area (Å²) in [6, 6.07) is 14.4. The Morgan fingerprint density at radius 2 is 2.04 bits per heavy atom. The highest BCUT2D eigenvalue weighted by Crippen LogP contribution is 2.32. The number of anilines is 1. The fourth-order valence-corrected chi connectivity index (χ4v) is 3.57. The standard InChI is InChI=1S/C18H18N8/c1-2-5-13(6-3-1)12-25-16-8-4-7-15(14(16)11-19-25)20-17-9-10-18-21-23-24-26(18)22-17/h1-3,5-6,9-11,15H,4,7-8,12H2,(H,20,22). The number of nitrogens with one attached hydrogen (secondary N) is 1. The molecule has 1 aliphatic carbocycles. The van der Waals surface area contributed by atoms with Crippen LogP contribution in [0.1, 0.15) is 35.7 Å². The summed E-state index contributed by atoms with van der Waals surface area (Å²) in [4.78, 5) is 0. The number of benzene rings is 1. The summed E-state index contributed by atoms with van der Waals surface area (Å²) in [5, 5.41) is 23.9. The molecule has 0 spiro atoms. The average Bonchev–Trinajstić information content (AvgIpc) is 3.30. The third kappa shape index (κ3) is 2.69. The predicted octanol–water partition coefficient (Wildman–Crippen LogP) is 2.25. The summed E-state index contributed by atoms with van der Waals surface area (Å²) < 4.78 is 3.56. The molecular weight excluding hydrogens is 328 g/mol. The molecule has 1 atom stereocenters. The fourth-order valence-electron chi connectivity index (χ4n) is 3.57. The zero-order valence-corrected chi connectivity index (χ0v) is 14.2. The fraction of sp³-hybridized carbons (Fsp3) is 0.278. The van der Waals surface area contributed by atoms with Crippen LogP contribution in [0.4, 0.5) is 5.82 Å². The highest BCUT2D eigenvalue weighted by Gasteiger charge is 2.24. The number of aromatic nitrogens is 7. The second kappa shape index (κ2) is 6.21. The van der Waals surface area contributed by atoms with Gasteiger partial charge in [-0.05, 0) is 47.4 Å². The molecule has 0 saturated carbocycles. The van der Waals surface area contributed by atoms with Crippen molar-refractivity contribution in [1.82, 2.24) is 35.0 Å². The van der Waals surface area contributed by atoms with Crippen LogP contribution in [-0.4, -0.2) is 35.0 Å². The van der Waals surface area contributed by atoms with Crippen molar-refractivity contribution in [2.75, 3.05) is 5.32 Å². The minimum atomic E-state index is 0.199. The molecule has 1 aliphatic rings. The summed E-state index contributed by atoms with van der Waals surface area (Å²) in [5.41, 5.74) is 4.46. The van der Waals surface area contributed by atoms with Gasteiger partial charge in [0.15, 0.2) is 5.65 Å². The number of nitrogens with zero attached hydrogens (tertiary/aromatic N) is 7. The lowest BCUT2D eigenvalue weighted by molar-refractivity contribution is 0.554. The van der Waals surface area contributed by atoms with Gasteiger partial charge < -0.3 is 5.32 Å². The lowest BCUT2D eigenvalue weighted by atomic mass is 9.93. The minimum Gasteiger partial charge on any atom is -0.362 e. The zero-order valence-electron chi connectivity index (χ0n) is 14.2. The van der Waals surface area contributed by atoms with Gasteiger partial charge in [0.25, 0.3) is 0 Å². The molecule has 0 amide bonds. The van der Waals surface area contributed by atoms with Gasteiger partial charge in [-0.2, -0.15) is 5.10 Å². The monoisotopic (exact) mass is 346 g/mol. The maximum absolute atomic E-state index is 4.65. The molecule has 1 N–H and O–H groups in total. The Kier molecular flexibility index (Phi) is 3.59. The quantitative estimate of drug-likeness (QED) is 0.610. The number of hydrogen-bond donors (Lipinski definition) is 1. The largest absolute Gasteiger partial charge is 0.362 e. The second-order valence-electron chi connectivity index (χ2n) is 6.52. The Bertz CT molecular complexity index is 1040. The van der Waals surface area contributed by atoms with Gasteiger partial charge in [-0.1, -0.05) is 30.3 Å². The number of rotatable bonds is 4. The first kappa shape index (κ1) is 15.0. The highest BCUT2D eigenvalue weighted by molar-refractivity contribution is 5.44. The van der Waals surface area contributed by atoms with Gasteiger partial charge in [-0.3, -0.25) is 4.68 Å². The molecule has 8 nitrogen and oxygen atoms in total. The van der Waals surface area contributed by atoms with Crippen molar-refractivity contribution >= 4 is 11.5 Å². The Balaban J connectivity index is 1.41. The molecular formula is C18H18N8. The van der Waals surface area contributed by atoms with E-state index >= 15 is 0 Å². The molecule has 0 bridgehead atoms. The van der Waals surface area contributed by atoms with Crippen LogP contribution >= 0.6 is 0 Å². The van der Waals surface area contributed by atoms with Gasteiger partial charge in [0, 0.05) is 11.3 Å². The Morgan fingerprint density at radius 3 is 2.96 bits per heavy atom. The summed E-state index contributed by atoms with van der Waals surface area (Å²) in [6.45, 7) is 0.803. The Morgan fingerprint density at radius 1 is 1.12 bits per heavy atom. The van der Waals surface area contributed by atoms with E-state index in [0.717, 1.165) is 31.6 Å². The average molecular weight is 346 g/mol. The van der Waals surface area contributed by atoms with E-state index in [9.17, 15) is 0 Å². The molecule has 0 saturated heterocycles. The summed E-state index contributed by atoms with van der Waals surface area (Å²) in [5.74, 6) is 0.762. The zero-order chi connectivity index (χ0) is 17.3. The maximum atomic E-state index is 4.65. The van der Waals surface area contributed by atoms with E-state index in [1.54, 1.807) is 0 Å². The molecule has 1 aromatic carbocycles. The molecule has 3 aromatic heterocycles. The van der Waals surface area contributed by atoms with Gasteiger partial charge in [0.2, 0.25) is 0 Å². The van der Waals surface area contributed by atoms with Crippen molar-refractivity contribution in [2.24, 2.45) is 0 Å². The first-order valence-corrected chi connectivity index (χ1v) is 8.77. The lowest BCUT2D eigenvalue weighted by Gasteiger charge is -2.24. The van der Waals surface area contributed by atoms with E-state index < -0.39 is 0 Å². The van der Waals surface area contributed by atoms with Gasteiger partial charge in [-0.15, -0.1) is 14.8 Å². The second-order valence-corrected chi connectivity index (χ2v) is 6.52. The van der Waals surface area contributed by atoms with Crippen LogP contribution in [0.5, 0.6) is 0 Å². The first-order chi connectivity index (χ1) is 12.9. The number of fused-ring (bicyclic) bond motifs is 2. The van der Waals surface area contributed by atoms with Crippen LogP contribution < -0.4 is 5.32 Å². The third-order valence-electron chi connectivity index (χ3n) is 4.83.